The van der Waals surface area contributed by atoms with Gasteiger partial charge in [-0.2, -0.15) is 0 Å². The molecule has 1 saturated carbocycles. The Kier molecular flexibility index (Phi) is 5.55. The van der Waals surface area contributed by atoms with Crippen molar-refractivity contribution in [2.45, 2.75) is 44.4 Å². The average Bonchev–Trinajstić information content (AvgIpc) is 2.72. The van der Waals surface area contributed by atoms with Crippen molar-refractivity contribution >= 4 is 10.9 Å². The first-order valence-corrected chi connectivity index (χ1v) is 9.77. The minimum absolute atomic E-state index is 0.164. The highest BCUT2D eigenvalue weighted by molar-refractivity contribution is 5.83. The number of hydrogen-bond donors (Lipinski definition) is 2. The van der Waals surface area contributed by atoms with E-state index in [1.807, 2.05) is 24.3 Å². The Bertz CT molecular complexity index is 968. The Morgan fingerprint density at radius 1 is 1.11 bits per heavy atom. The third-order valence-corrected chi connectivity index (χ3v) is 5.48. The summed E-state index contributed by atoms with van der Waals surface area (Å²) in [6.45, 7) is 0.674. The maximum absolute atomic E-state index is 13.7. The van der Waals surface area contributed by atoms with Gasteiger partial charge in [0.15, 0.2) is 0 Å². The minimum Gasteiger partial charge on any atom is -0.497 e. The van der Waals surface area contributed by atoms with Gasteiger partial charge in [0.2, 0.25) is 0 Å². The van der Waals surface area contributed by atoms with Crippen LogP contribution in [0, 0.1) is 5.82 Å². The summed E-state index contributed by atoms with van der Waals surface area (Å²) < 4.78 is 19.1. The highest BCUT2D eigenvalue weighted by atomic mass is 19.1. The molecule has 0 atom stereocenters. The molecule has 1 fully saturated rings. The smallest absolute Gasteiger partial charge is 0.125 e. The molecule has 1 aliphatic rings. The Balaban J connectivity index is 1.69. The maximum Gasteiger partial charge on any atom is 0.125 e. The molecule has 0 unspecified atom stereocenters. The van der Waals surface area contributed by atoms with Crippen molar-refractivity contribution in [3.63, 3.8) is 0 Å². The predicted octanol–water partition coefficient (Wildman–Crippen LogP) is 4.44. The second-order valence-electron chi connectivity index (χ2n) is 7.45. The Hall–Kier alpha value is -2.50. The van der Waals surface area contributed by atoms with Gasteiger partial charge in [0.25, 0.3) is 0 Å². The number of pyridine rings is 1. The predicted molar refractivity (Wildman–Crippen MR) is 109 cm³/mol. The molecule has 2 N–H and O–H groups in total. The lowest BCUT2D eigenvalue weighted by Gasteiger charge is -2.26. The topological polar surface area (TPSA) is 54.4 Å². The number of rotatable bonds is 5. The molecule has 2 aromatic carbocycles. The fourth-order valence-corrected chi connectivity index (χ4v) is 3.87. The van der Waals surface area contributed by atoms with Gasteiger partial charge < -0.3 is 15.2 Å². The van der Waals surface area contributed by atoms with E-state index in [0.29, 0.717) is 18.1 Å². The molecule has 4 nitrogen and oxygen atoms in total. The van der Waals surface area contributed by atoms with Crippen LogP contribution in [-0.2, 0) is 6.54 Å². The van der Waals surface area contributed by atoms with Crippen LogP contribution in [0.5, 0.6) is 5.75 Å². The van der Waals surface area contributed by atoms with Crippen molar-refractivity contribution in [1.29, 1.82) is 0 Å². The van der Waals surface area contributed by atoms with Gasteiger partial charge in [-0.25, -0.2) is 9.37 Å². The van der Waals surface area contributed by atoms with Crippen molar-refractivity contribution < 1.29 is 14.2 Å². The van der Waals surface area contributed by atoms with Crippen molar-refractivity contribution in [3.05, 3.63) is 59.9 Å². The molecule has 1 aromatic heterocycles. The van der Waals surface area contributed by atoms with Crippen LogP contribution in [-0.4, -0.2) is 29.3 Å². The van der Waals surface area contributed by atoms with Crippen molar-refractivity contribution in [1.82, 2.24) is 10.3 Å². The van der Waals surface area contributed by atoms with Gasteiger partial charge >= 0.3 is 0 Å². The number of nitrogens with one attached hydrogen (secondary N) is 1. The van der Waals surface area contributed by atoms with Crippen molar-refractivity contribution in [2.75, 3.05) is 7.11 Å². The molecular formula is C23H25FN2O2. The number of nitrogens with zero attached hydrogens (tertiary/aromatic N) is 1. The number of fused-ring (bicyclic) bond motifs is 1. The summed E-state index contributed by atoms with van der Waals surface area (Å²) in [5.74, 6) is 0.474. The number of aliphatic hydroxyl groups excluding tert-OH is 1. The highest BCUT2D eigenvalue weighted by Gasteiger charge is 2.19. The molecule has 3 aromatic rings. The first kappa shape index (κ1) is 18.8. The molecule has 0 spiro atoms. The monoisotopic (exact) mass is 380 g/mol. The van der Waals surface area contributed by atoms with Crippen LogP contribution >= 0.6 is 0 Å². The van der Waals surface area contributed by atoms with Crippen LogP contribution in [0.1, 0.15) is 31.2 Å². The van der Waals surface area contributed by atoms with Crippen LogP contribution in [0.4, 0.5) is 4.39 Å². The summed E-state index contributed by atoms with van der Waals surface area (Å²) in [6, 6.07) is 15.0. The van der Waals surface area contributed by atoms with Gasteiger partial charge in [-0.05, 0) is 61.6 Å². The first-order valence-electron chi connectivity index (χ1n) is 9.77. The van der Waals surface area contributed by atoms with Crippen LogP contribution < -0.4 is 10.1 Å². The number of hydrogen-bond acceptors (Lipinski definition) is 4. The van der Waals surface area contributed by atoms with E-state index in [4.69, 9.17) is 9.72 Å². The summed E-state index contributed by atoms with van der Waals surface area (Å²) >= 11 is 0. The zero-order chi connectivity index (χ0) is 19.5. The maximum atomic E-state index is 13.7. The zero-order valence-electron chi connectivity index (χ0n) is 16.0. The molecule has 146 valence electrons. The van der Waals surface area contributed by atoms with E-state index in [9.17, 15) is 9.50 Å². The summed E-state index contributed by atoms with van der Waals surface area (Å²) in [5.41, 5.74) is 3.49. The lowest BCUT2D eigenvalue weighted by Crippen LogP contribution is -2.34. The minimum atomic E-state index is -0.289. The van der Waals surface area contributed by atoms with E-state index in [1.54, 1.807) is 13.2 Å². The molecule has 0 bridgehead atoms. The fourth-order valence-electron chi connectivity index (χ4n) is 3.87. The molecule has 1 heterocycles. The van der Waals surface area contributed by atoms with Gasteiger partial charge in [0.05, 0.1) is 24.4 Å². The van der Waals surface area contributed by atoms with E-state index in [1.165, 1.54) is 12.1 Å². The fraction of sp³-hybridized carbons (Fsp3) is 0.348. The molecule has 1 aliphatic carbocycles. The molecule has 4 rings (SSSR count). The molecular weight excluding hydrogens is 355 g/mol. The molecule has 28 heavy (non-hydrogen) atoms. The normalized spacial score (nSPS) is 19.7. The van der Waals surface area contributed by atoms with E-state index >= 15 is 0 Å². The van der Waals surface area contributed by atoms with E-state index < -0.39 is 0 Å². The van der Waals surface area contributed by atoms with Gasteiger partial charge in [0.1, 0.15) is 11.6 Å². The summed E-state index contributed by atoms with van der Waals surface area (Å²) in [4.78, 5) is 4.78. The zero-order valence-corrected chi connectivity index (χ0v) is 16.0. The van der Waals surface area contributed by atoms with E-state index in [2.05, 4.69) is 11.4 Å². The SMILES string of the molecule is COc1cccc(-c2nc3cc(F)ccc3cc2CNC2CCC(O)CC2)c1. The number of methoxy groups -OCH3 is 1. The van der Waals surface area contributed by atoms with Gasteiger partial charge in [-0.3, -0.25) is 0 Å². The standard InChI is InChI=1S/C23H25FN2O2/c1-28-21-4-2-3-16(12-21)23-17(14-25-19-7-9-20(27)10-8-19)11-15-5-6-18(24)13-22(15)26-23/h2-6,11-13,19-20,25,27H,7-10,14H2,1H3. The van der Waals surface area contributed by atoms with Gasteiger partial charge in [0, 0.05) is 29.6 Å². The number of aromatic nitrogens is 1. The lowest BCUT2D eigenvalue weighted by atomic mass is 9.93. The van der Waals surface area contributed by atoms with Crippen LogP contribution in [0.3, 0.4) is 0 Å². The Morgan fingerprint density at radius 3 is 2.71 bits per heavy atom. The molecule has 0 amide bonds. The largest absolute Gasteiger partial charge is 0.497 e. The Labute approximate surface area is 164 Å². The first-order chi connectivity index (χ1) is 13.6. The van der Waals surface area contributed by atoms with Gasteiger partial charge in [-0.15, -0.1) is 0 Å². The van der Waals surface area contributed by atoms with Crippen LogP contribution in [0.2, 0.25) is 0 Å². The van der Waals surface area contributed by atoms with E-state index in [0.717, 1.165) is 53.6 Å². The van der Waals surface area contributed by atoms with Crippen LogP contribution in [0.25, 0.3) is 22.2 Å². The summed E-state index contributed by atoms with van der Waals surface area (Å²) in [7, 11) is 1.64. The molecule has 0 aliphatic heterocycles. The lowest BCUT2D eigenvalue weighted by molar-refractivity contribution is 0.116. The second-order valence-corrected chi connectivity index (χ2v) is 7.45. The molecule has 5 heteroatoms. The third-order valence-electron chi connectivity index (χ3n) is 5.48. The van der Waals surface area contributed by atoms with Crippen molar-refractivity contribution in [2.24, 2.45) is 0 Å². The average molecular weight is 380 g/mol. The number of benzene rings is 2. The Morgan fingerprint density at radius 2 is 1.93 bits per heavy atom. The van der Waals surface area contributed by atoms with Crippen LogP contribution in [0.15, 0.2) is 48.5 Å². The number of halogens is 1. The van der Waals surface area contributed by atoms with Crippen molar-refractivity contribution in [3.8, 4) is 17.0 Å². The van der Waals surface area contributed by atoms with E-state index in [-0.39, 0.29) is 11.9 Å². The third kappa shape index (κ3) is 4.16. The summed E-state index contributed by atoms with van der Waals surface area (Å²) in [5, 5.41) is 14.3. The second kappa shape index (κ2) is 8.25. The number of ether oxygens (including phenoxy) is 1. The number of aliphatic hydroxyl groups is 1. The highest BCUT2D eigenvalue weighted by Crippen LogP contribution is 2.29. The van der Waals surface area contributed by atoms with Gasteiger partial charge in [-0.1, -0.05) is 12.1 Å². The summed E-state index contributed by atoms with van der Waals surface area (Å²) in [6.07, 6.45) is 3.47. The molecule has 0 saturated heterocycles. The quantitative estimate of drug-likeness (QED) is 0.687. The molecule has 0 radical (unpaired) electrons.